The molecule has 0 bridgehead atoms. The molecule has 15 heteroatoms. The Labute approximate surface area is 248 Å². The normalized spacial score (nSPS) is 13.6. The Kier molecular flexibility index (Phi) is 13.4. The van der Waals surface area contributed by atoms with Gasteiger partial charge < -0.3 is 48.5 Å². The van der Waals surface area contributed by atoms with Gasteiger partial charge in [-0.2, -0.15) is 12.6 Å². The number of nitrogens with zero attached hydrogens (tertiary/aromatic N) is 1. The third-order valence-corrected chi connectivity index (χ3v) is 6.48. The lowest BCUT2D eigenvalue weighted by Crippen LogP contribution is -2.58. The second-order valence-corrected chi connectivity index (χ2v) is 9.87. The minimum atomic E-state index is -1.33. The lowest BCUT2D eigenvalue weighted by Gasteiger charge is -2.24. The van der Waals surface area contributed by atoms with Crippen LogP contribution in [0.1, 0.15) is 24.0 Å². The zero-order chi connectivity index (χ0) is 31.2. The molecule has 2 rings (SSSR count). The molecule has 0 heterocycles. The molecule has 42 heavy (non-hydrogen) atoms. The van der Waals surface area contributed by atoms with E-state index in [0.717, 1.165) is 0 Å². The van der Waals surface area contributed by atoms with Crippen molar-refractivity contribution in [1.29, 1.82) is 0 Å². The summed E-state index contributed by atoms with van der Waals surface area (Å²) in [6, 6.07) is 7.10. The highest BCUT2D eigenvalue weighted by Gasteiger charge is 2.30. The number of amides is 3. The van der Waals surface area contributed by atoms with E-state index in [1.54, 1.807) is 12.1 Å². The Balaban J connectivity index is 2.12. The molecule has 0 saturated heterocycles. The Hall–Kier alpha value is -4.50. The van der Waals surface area contributed by atoms with Gasteiger partial charge in [0.25, 0.3) is 0 Å². The first-order chi connectivity index (χ1) is 19.9. The van der Waals surface area contributed by atoms with Crippen molar-refractivity contribution in [1.82, 2.24) is 16.0 Å². The van der Waals surface area contributed by atoms with Crippen LogP contribution in [0.15, 0.2) is 53.5 Å². The van der Waals surface area contributed by atoms with Gasteiger partial charge in [-0.25, -0.2) is 4.79 Å². The number of carboxylic acids is 1. The summed E-state index contributed by atoms with van der Waals surface area (Å²) in [4.78, 5) is 54.8. The van der Waals surface area contributed by atoms with E-state index in [2.05, 4.69) is 33.6 Å². The molecule has 0 spiro atoms. The number of carboxylic acid groups (broad SMARTS) is 1. The first kappa shape index (κ1) is 33.7. The smallest absolute Gasteiger partial charge is 0.326 e. The van der Waals surface area contributed by atoms with Crippen molar-refractivity contribution in [3.05, 3.63) is 59.7 Å². The van der Waals surface area contributed by atoms with Crippen LogP contribution in [-0.4, -0.2) is 81.4 Å². The third kappa shape index (κ3) is 11.5. The number of aliphatic carboxylic acids is 1. The molecular weight excluding hydrogens is 566 g/mol. The number of nitrogens with one attached hydrogen (secondary N) is 3. The lowest BCUT2D eigenvalue weighted by molar-refractivity contribution is -0.142. The second-order valence-electron chi connectivity index (χ2n) is 9.50. The molecule has 14 nitrogen and oxygen atoms in total. The van der Waals surface area contributed by atoms with Crippen molar-refractivity contribution in [3.63, 3.8) is 0 Å². The summed E-state index contributed by atoms with van der Waals surface area (Å²) in [5.41, 5.74) is 17.7. The molecule has 2 aromatic carbocycles. The largest absolute Gasteiger partial charge is 0.508 e. The van der Waals surface area contributed by atoms with Crippen LogP contribution in [-0.2, 0) is 32.0 Å². The molecule has 3 amide bonds. The van der Waals surface area contributed by atoms with E-state index < -0.39 is 47.9 Å². The Morgan fingerprint density at radius 3 is 1.69 bits per heavy atom. The van der Waals surface area contributed by atoms with Gasteiger partial charge in [0, 0.05) is 25.1 Å². The number of hydrogen-bond acceptors (Lipinski definition) is 9. The van der Waals surface area contributed by atoms with E-state index in [1.165, 1.54) is 36.4 Å². The molecule has 0 aromatic heterocycles. The molecular formula is C27H37N7O7S. The third-order valence-electron chi connectivity index (χ3n) is 6.12. The second kappa shape index (κ2) is 16.7. The van der Waals surface area contributed by atoms with Crippen molar-refractivity contribution in [2.75, 3.05) is 12.3 Å². The van der Waals surface area contributed by atoms with Crippen molar-refractivity contribution in [2.45, 2.75) is 49.9 Å². The van der Waals surface area contributed by atoms with Gasteiger partial charge in [-0.15, -0.1) is 0 Å². The number of nitrogens with two attached hydrogens (primary N) is 3. The first-order valence-corrected chi connectivity index (χ1v) is 13.6. The molecule has 0 aliphatic heterocycles. The molecule has 0 aliphatic carbocycles. The summed E-state index contributed by atoms with van der Waals surface area (Å²) in [6.07, 6.45) is 0.570. The van der Waals surface area contributed by atoms with E-state index in [9.17, 15) is 34.5 Å². The van der Waals surface area contributed by atoms with Crippen molar-refractivity contribution in [2.24, 2.45) is 22.2 Å². The van der Waals surface area contributed by atoms with Crippen molar-refractivity contribution >= 4 is 42.3 Å². The van der Waals surface area contributed by atoms with Crippen LogP contribution < -0.4 is 33.2 Å². The lowest BCUT2D eigenvalue weighted by atomic mass is 10.0. The summed E-state index contributed by atoms with van der Waals surface area (Å²) in [5.74, 6) is -3.69. The minimum Gasteiger partial charge on any atom is -0.508 e. The Bertz CT molecular complexity index is 1240. The minimum absolute atomic E-state index is 0.00190. The van der Waals surface area contributed by atoms with E-state index in [1.807, 2.05) is 0 Å². The van der Waals surface area contributed by atoms with Gasteiger partial charge in [0.2, 0.25) is 17.7 Å². The van der Waals surface area contributed by atoms with Crippen LogP contribution in [0.25, 0.3) is 0 Å². The summed E-state index contributed by atoms with van der Waals surface area (Å²) in [7, 11) is 0. The van der Waals surface area contributed by atoms with Gasteiger partial charge in [-0.3, -0.25) is 19.4 Å². The SMILES string of the molecule is NC(N)=NCCCC(N)C(=O)NC(Cc1ccc(O)cc1)C(=O)NC(CS)C(=O)NC(Cc1ccc(O)cc1)C(=O)O. The van der Waals surface area contributed by atoms with Crippen molar-refractivity contribution in [3.8, 4) is 11.5 Å². The van der Waals surface area contributed by atoms with Gasteiger partial charge >= 0.3 is 5.97 Å². The maximum absolute atomic E-state index is 13.3. The van der Waals surface area contributed by atoms with Gasteiger partial charge in [-0.05, 0) is 48.2 Å². The van der Waals surface area contributed by atoms with Crippen LogP contribution in [0.3, 0.4) is 0 Å². The number of phenolic OH excluding ortho intramolecular Hbond substituents is 2. The van der Waals surface area contributed by atoms with Crippen LogP contribution in [0.5, 0.6) is 11.5 Å². The molecule has 228 valence electrons. The van der Waals surface area contributed by atoms with Crippen molar-refractivity contribution < 1.29 is 34.5 Å². The predicted molar refractivity (Wildman–Crippen MR) is 159 cm³/mol. The number of phenols is 2. The van der Waals surface area contributed by atoms with E-state index in [0.29, 0.717) is 17.5 Å². The zero-order valence-corrected chi connectivity index (χ0v) is 23.7. The topological polar surface area (TPSA) is 255 Å². The monoisotopic (exact) mass is 603 g/mol. The average Bonchev–Trinajstić information content (AvgIpc) is 2.94. The summed E-state index contributed by atoms with van der Waals surface area (Å²) >= 11 is 4.14. The summed E-state index contributed by atoms with van der Waals surface area (Å²) in [5, 5.41) is 36.2. The van der Waals surface area contributed by atoms with Gasteiger partial charge in [0.05, 0.1) is 6.04 Å². The fraction of sp³-hybridized carbons (Fsp3) is 0.370. The highest BCUT2D eigenvalue weighted by molar-refractivity contribution is 7.80. The number of guanidine groups is 1. The van der Waals surface area contributed by atoms with Crippen LogP contribution in [0.2, 0.25) is 0 Å². The Morgan fingerprint density at radius 1 is 0.762 bits per heavy atom. The number of thiol groups is 1. The maximum Gasteiger partial charge on any atom is 0.326 e. The standard InChI is InChI=1S/C27H37N7O7S/c28-19(2-1-11-31-27(29)30)23(37)32-20(12-15-3-7-17(35)8-4-15)24(38)34-22(14-42)25(39)33-21(26(40)41)13-16-5-9-18(36)10-6-16/h3-10,19-22,35-36,42H,1-2,11-14,28H2,(H,32,37)(H,33,39)(H,34,38)(H,40,41)(H4,29,30,31). The van der Waals surface area contributed by atoms with Crippen LogP contribution in [0.4, 0.5) is 0 Å². The quantitative estimate of drug-likeness (QED) is 0.0471. The molecule has 0 aliphatic rings. The number of carbonyl (C=O) groups excluding carboxylic acids is 3. The molecule has 2 aromatic rings. The maximum atomic E-state index is 13.3. The highest BCUT2D eigenvalue weighted by atomic mass is 32.1. The number of hydrogen-bond donors (Lipinski definition) is 10. The van der Waals surface area contributed by atoms with Crippen LogP contribution in [0, 0.1) is 0 Å². The Morgan fingerprint density at radius 2 is 1.21 bits per heavy atom. The highest BCUT2D eigenvalue weighted by Crippen LogP contribution is 2.13. The van der Waals surface area contributed by atoms with Gasteiger partial charge in [-0.1, -0.05) is 24.3 Å². The van der Waals surface area contributed by atoms with E-state index >= 15 is 0 Å². The number of rotatable bonds is 16. The molecule has 4 unspecified atom stereocenters. The summed E-state index contributed by atoms with van der Waals surface area (Å²) in [6.45, 7) is 0.267. The van der Waals surface area contributed by atoms with Gasteiger partial charge in [0.1, 0.15) is 29.6 Å². The molecule has 0 radical (unpaired) electrons. The molecule has 0 fully saturated rings. The van der Waals surface area contributed by atoms with E-state index in [-0.39, 0.29) is 49.0 Å². The molecule has 4 atom stereocenters. The zero-order valence-electron chi connectivity index (χ0n) is 22.8. The number of benzene rings is 2. The average molecular weight is 604 g/mol. The first-order valence-electron chi connectivity index (χ1n) is 13.0. The predicted octanol–water partition coefficient (Wildman–Crippen LogP) is -1.27. The molecule has 0 saturated carbocycles. The summed E-state index contributed by atoms with van der Waals surface area (Å²) < 4.78 is 0. The number of carbonyl (C=O) groups is 4. The number of aromatic hydroxyl groups is 2. The van der Waals surface area contributed by atoms with Crippen LogP contribution >= 0.6 is 12.6 Å². The number of aliphatic imine (C=N–C) groups is 1. The fourth-order valence-electron chi connectivity index (χ4n) is 3.81. The fourth-order valence-corrected chi connectivity index (χ4v) is 4.07. The van der Waals surface area contributed by atoms with Gasteiger partial charge in [0.15, 0.2) is 5.96 Å². The van der Waals surface area contributed by atoms with E-state index in [4.69, 9.17) is 17.2 Å². The molecule has 12 N–H and O–H groups in total.